The molecule has 2 heterocycles. The lowest BCUT2D eigenvalue weighted by atomic mass is 10.1. The van der Waals surface area contributed by atoms with E-state index < -0.39 is 5.60 Å². The molecular weight excluding hydrogens is 358 g/mol. The third-order valence-corrected chi connectivity index (χ3v) is 4.58. The molecule has 1 aromatic carbocycles. The van der Waals surface area contributed by atoms with Gasteiger partial charge >= 0.3 is 6.09 Å². The van der Waals surface area contributed by atoms with Gasteiger partial charge in [-0.05, 0) is 45.9 Å². The summed E-state index contributed by atoms with van der Waals surface area (Å²) in [6.07, 6.45) is -0.310. The van der Waals surface area contributed by atoms with Crippen molar-refractivity contribution < 1.29 is 14.6 Å². The number of carbonyl (C=O) groups is 1. The number of carbonyl (C=O) groups excluding carboxylic acids is 1. The summed E-state index contributed by atoms with van der Waals surface area (Å²) in [6.45, 7) is 9.25. The first-order valence-electron chi connectivity index (χ1n) is 9.32. The molecule has 1 unspecified atom stereocenters. The lowest BCUT2D eigenvalue weighted by molar-refractivity contribution is 0.0159. The Kier molecular flexibility index (Phi) is 5.31. The van der Waals surface area contributed by atoms with Gasteiger partial charge in [-0.25, -0.2) is 4.79 Å². The van der Waals surface area contributed by atoms with Gasteiger partial charge in [0.15, 0.2) is 5.82 Å². The van der Waals surface area contributed by atoms with Crippen molar-refractivity contribution in [2.75, 3.05) is 30.3 Å². The van der Waals surface area contributed by atoms with Gasteiger partial charge in [0.1, 0.15) is 11.4 Å². The summed E-state index contributed by atoms with van der Waals surface area (Å²) in [4.78, 5) is 16.2. The molecule has 2 aromatic rings. The molecule has 1 saturated heterocycles. The van der Waals surface area contributed by atoms with E-state index in [1.807, 2.05) is 39.8 Å². The average Bonchev–Trinajstić information content (AvgIpc) is 2.61. The van der Waals surface area contributed by atoms with E-state index in [0.717, 1.165) is 5.69 Å². The van der Waals surface area contributed by atoms with Crippen LogP contribution in [-0.2, 0) is 4.74 Å². The van der Waals surface area contributed by atoms with Crippen molar-refractivity contribution in [3.05, 3.63) is 30.3 Å². The first kappa shape index (κ1) is 19.7. The Balaban J connectivity index is 1.79. The molecule has 1 atom stereocenters. The molecule has 0 aliphatic carbocycles. The van der Waals surface area contributed by atoms with Crippen molar-refractivity contribution in [1.82, 2.24) is 15.1 Å². The monoisotopic (exact) mass is 385 g/mol. The van der Waals surface area contributed by atoms with Crippen LogP contribution in [0.15, 0.2) is 30.3 Å². The molecule has 1 aliphatic rings. The van der Waals surface area contributed by atoms with Crippen molar-refractivity contribution in [2.45, 2.75) is 39.3 Å². The molecule has 150 valence electrons. The molecule has 0 bridgehead atoms. The third-order valence-electron chi connectivity index (χ3n) is 4.58. The fraction of sp³-hybridized carbons (Fsp3) is 0.450. The van der Waals surface area contributed by atoms with E-state index in [1.54, 1.807) is 23.1 Å². The van der Waals surface area contributed by atoms with Crippen LogP contribution in [0.3, 0.4) is 0 Å². The number of anilines is 2. The van der Waals surface area contributed by atoms with Gasteiger partial charge in [0.05, 0.1) is 11.4 Å². The smallest absolute Gasteiger partial charge is 0.410 e. The number of aromatic nitrogens is 2. The van der Waals surface area contributed by atoms with Crippen LogP contribution in [0.25, 0.3) is 11.3 Å². The lowest BCUT2D eigenvalue weighted by Gasteiger charge is -2.41. The van der Waals surface area contributed by atoms with Crippen LogP contribution < -0.4 is 10.6 Å². The highest BCUT2D eigenvalue weighted by molar-refractivity contribution is 5.74. The van der Waals surface area contributed by atoms with E-state index in [2.05, 4.69) is 15.1 Å². The summed E-state index contributed by atoms with van der Waals surface area (Å²) in [6, 6.07) is 8.74. The minimum Gasteiger partial charge on any atom is -0.507 e. The second-order valence-corrected chi connectivity index (χ2v) is 7.99. The first-order chi connectivity index (χ1) is 13.2. The molecule has 3 rings (SSSR count). The number of hydrogen-bond acceptors (Lipinski definition) is 7. The number of phenols is 1. The van der Waals surface area contributed by atoms with Crippen molar-refractivity contribution in [2.24, 2.45) is 0 Å². The summed E-state index contributed by atoms with van der Waals surface area (Å²) in [5.41, 5.74) is 7.43. The molecule has 0 radical (unpaired) electrons. The molecule has 1 aliphatic heterocycles. The number of nitrogens with two attached hydrogens (primary N) is 1. The Hall–Kier alpha value is -3.03. The predicted molar refractivity (Wildman–Crippen MR) is 108 cm³/mol. The van der Waals surface area contributed by atoms with Crippen molar-refractivity contribution >= 4 is 17.6 Å². The molecule has 1 aromatic heterocycles. The lowest BCUT2D eigenvalue weighted by Crippen LogP contribution is -2.55. The standard InChI is InChI=1S/C20H27N5O3/c1-13-12-24(9-10-25(13)19(27)28-20(2,3)4)16-11-15(22-23-18(16)21)14-7-5-6-8-17(14)26/h5-8,11,13,26H,9-10,12H2,1-4H3,(H2,21,23). The number of para-hydroxylation sites is 1. The van der Waals surface area contributed by atoms with Crippen LogP contribution in [0.4, 0.5) is 16.3 Å². The maximum absolute atomic E-state index is 12.4. The van der Waals surface area contributed by atoms with Gasteiger partial charge in [0.25, 0.3) is 0 Å². The van der Waals surface area contributed by atoms with Gasteiger partial charge in [0.2, 0.25) is 0 Å². The van der Waals surface area contributed by atoms with Crippen molar-refractivity contribution in [3.63, 3.8) is 0 Å². The molecular formula is C20H27N5O3. The maximum Gasteiger partial charge on any atom is 0.410 e. The summed E-state index contributed by atoms with van der Waals surface area (Å²) in [5, 5.41) is 18.3. The van der Waals surface area contributed by atoms with Crippen LogP contribution in [0.2, 0.25) is 0 Å². The molecule has 1 amide bonds. The highest BCUT2D eigenvalue weighted by Crippen LogP contribution is 2.32. The average molecular weight is 385 g/mol. The predicted octanol–water partition coefficient (Wildman–Crippen LogP) is 2.88. The Morgan fingerprint density at radius 1 is 1.25 bits per heavy atom. The summed E-state index contributed by atoms with van der Waals surface area (Å²) in [5.74, 6) is 0.452. The fourth-order valence-electron chi connectivity index (χ4n) is 3.23. The zero-order valence-corrected chi connectivity index (χ0v) is 16.7. The normalized spacial score (nSPS) is 17.5. The zero-order chi connectivity index (χ0) is 20.5. The van der Waals surface area contributed by atoms with Crippen LogP contribution >= 0.6 is 0 Å². The van der Waals surface area contributed by atoms with E-state index in [4.69, 9.17) is 10.5 Å². The number of aromatic hydroxyl groups is 1. The molecule has 8 nitrogen and oxygen atoms in total. The van der Waals surface area contributed by atoms with Gasteiger partial charge in [-0.2, -0.15) is 0 Å². The van der Waals surface area contributed by atoms with Gasteiger partial charge in [0, 0.05) is 31.2 Å². The van der Waals surface area contributed by atoms with Crippen molar-refractivity contribution in [1.29, 1.82) is 0 Å². The number of phenolic OH excluding ortho intramolecular Hbond substituents is 1. The fourth-order valence-corrected chi connectivity index (χ4v) is 3.23. The third kappa shape index (κ3) is 4.27. The molecule has 3 N–H and O–H groups in total. The second-order valence-electron chi connectivity index (χ2n) is 7.99. The van der Waals surface area contributed by atoms with Gasteiger partial charge < -0.3 is 25.4 Å². The van der Waals surface area contributed by atoms with Gasteiger partial charge in [-0.1, -0.05) is 12.1 Å². The van der Waals surface area contributed by atoms with Crippen LogP contribution in [0, 0.1) is 0 Å². The first-order valence-corrected chi connectivity index (χ1v) is 9.32. The molecule has 1 fully saturated rings. The quantitative estimate of drug-likeness (QED) is 0.819. The largest absolute Gasteiger partial charge is 0.507 e. The highest BCUT2D eigenvalue weighted by Gasteiger charge is 2.31. The number of amides is 1. The number of hydrogen-bond donors (Lipinski definition) is 2. The number of ether oxygens (including phenoxy) is 1. The Morgan fingerprint density at radius 2 is 1.96 bits per heavy atom. The van der Waals surface area contributed by atoms with Gasteiger partial charge in [-0.15, -0.1) is 10.2 Å². The van der Waals surface area contributed by atoms with Gasteiger partial charge in [-0.3, -0.25) is 0 Å². The molecule has 28 heavy (non-hydrogen) atoms. The van der Waals surface area contributed by atoms with E-state index in [9.17, 15) is 9.90 Å². The van der Waals surface area contributed by atoms with Crippen molar-refractivity contribution in [3.8, 4) is 17.0 Å². The van der Waals surface area contributed by atoms with E-state index >= 15 is 0 Å². The number of rotatable bonds is 2. The summed E-state index contributed by atoms with van der Waals surface area (Å²) in [7, 11) is 0. The maximum atomic E-state index is 12.4. The number of benzene rings is 1. The minimum absolute atomic E-state index is 0.0512. The van der Waals surface area contributed by atoms with E-state index in [0.29, 0.717) is 36.7 Å². The minimum atomic E-state index is -0.528. The Morgan fingerprint density at radius 3 is 2.61 bits per heavy atom. The SMILES string of the molecule is CC1CN(c2cc(-c3ccccc3O)nnc2N)CCN1C(=O)OC(C)(C)C. The second kappa shape index (κ2) is 7.53. The molecule has 0 saturated carbocycles. The van der Waals surface area contributed by atoms with E-state index in [-0.39, 0.29) is 17.9 Å². The molecule has 8 heteroatoms. The number of nitrogen functional groups attached to an aromatic ring is 1. The summed E-state index contributed by atoms with van der Waals surface area (Å²) < 4.78 is 5.50. The topological polar surface area (TPSA) is 105 Å². The Bertz CT molecular complexity index is 865. The Labute approximate surface area is 164 Å². The highest BCUT2D eigenvalue weighted by atomic mass is 16.6. The molecule has 0 spiro atoms. The number of piperazine rings is 1. The van der Waals surface area contributed by atoms with E-state index in [1.165, 1.54) is 0 Å². The van der Waals surface area contributed by atoms with Crippen LogP contribution in [0.5, 0.6) is 5.75 Å². The summed E-state index contributed by atoms with van der Waals surface area (Å²) >= 11 is 0. The van der Waals surface area contributed by atoms with Crippen LogP contribution in [-0.4, -0.2) is 57.6 Å². The number of nitrogens with zero attached hydrogens (tertiary/aromatic N) is 4. The zero-order valence-electron chi connectivity index (χ0n) is 16.7. The van der Waals surface area contributed by atoms with Crippen LogP contribution in [0.1, 0.15) is 27.7 Å².